The van der Waals surface area contributed by atoms with Crippen molar-refractivity contribution in [2.24, 2.45) is 5.92 Å². The smallest absolute Gasteiger partial charge is 0.0723 e. The van der Waals surface area contributed by atoms with Gasteiger partial charge in [0.15, 0.2) is 0 Å². The normalized spacial score (nSPS) is 13.5. The Morgan fingerprint density at radius 2 is 1.67 bits per heavy atom. The minimum absolute atomic E-state index is 0.259. The molecule has 0 aliphatic rings. The standard InChI is InChI=1S/C14H31NO3/c1-12(2)14(11-15-13(3)4)18-10-9-17-8-6-7-16-5/h12-15H,6-11H2,1-5H3. The van der Waals surface area contributed by atoms with Crippen LogP contribution in [0.5, 0.6) is 0 Å². The SMILES string of the molecule is COCCCOCCOC(CNC(C)C)C(C)C. The summed E-state index contributed by atoms with van der Waals surface area (Å²) in [4.78, 5) is 0. The van der Waals surface area contributed by atoms with Gasteiger partial charge in [0, 0.05) is 32.9 Å². The number of rotatable bonds is 12. The van der Waals surface area contributed by atoms with Crippen LogP contribution in [0.3, 0.4) is 0 Å². The summed E-state index contributed by atoms with van der Waals surface area (Å²) >= 11 is 0. The van der Waals surface area contributed by atoms with Crippen LogP contribution in [-0.4, -0.2) is 52.2 Å². The molecular formula is C14H31NO3. The van der Waals surface area contributed by atoms with Crippen molar-refractivity contribution in [3.05, 3.63) is 0 Å². The fraction of sp³-hybridized carbons (Fsp3) is 1.00. The highest BCUT2D eigenvalue weighted by molar-refractivity contribution is 4.67. The summed E-state index contributed by atoms with van der Waals surface area (Å²) < 4.78 is 16.3. The van der Waals surface area contributed by atoms with E-state index in [1.807, 2.05) is 0 Å². The number of methoxy groups -OCH3 is 1. The van der Waals surface area contributed by atoms with Crippen LogP contribution in [0, 0.1) is 5.92 Å². The zero-order chi connectivity index (χ0) is 13.8. The minimum Gasteiger partial charge on any atom is -0.385 e. The molecular weight excluding hydrogens is 230 g/mol. The third kappa shape index (κ3) is 11.0. The first kappa shape index (κ1) is 17.8. The van der Waals surface area contributed by atoms with Gasteiger partial charge in [-0.15, -0.1) is 0 Å². The third-order valence-electron chi connectivity index (χ3n) is 2.67. The molecule has 0 fully saturated rings. The Hall–Kier alpha value is -0.160. The maximum absolute atomic E-state index is 5.84. The molecule has 0 radical (unpaired) electrons. The molecule has 0 aromatic heterocycles. The van der Waals surface area contributed by atoms with Gasteiger partial charge in [-0.25, -0.2) is 0 Å². The highest BCUT2D eigenvalue weighted by Gasteiger charge is 2.13. The maximum Gasteiger partial charge on any atom is 0.0723 e. The third-order valence-corrected chi connectivity index (χ3v) is 2.67. The van der Waals surface area contributed by atoms with Crippen molar-refractivity contribution in [2.75, 3.05) is 40.1 Å². The number of ether oxygens (including phenoxy) is 3. The van der Waals surface area contributed by atoms with E-state index in [2.05, 4.69) is 33.0 Å². The first-order valence-electron chi connectivity index (χ1n) is 6.99. The van der Waals surface area contributed by atoms with E-state index in [1.54, 1.807) is 7.11 Å². The molecule has 4 heteroatoms. The maximum atomic E-state index is 5.84. The fourth-order valence-corrected chi connectivity index (χ4v) is 1.50. The second-order valence-corrected chi connectivity index (χ2v) is 5.17. The van der Waals surface area contributed by atoms with Gasteiger partial charge in [0.05, 0.1) is 19.3 Å². The molecule has 0 amide bonds. The van der Waals surface area contributed by atoms with E-state index in [1.165, 1.54) is 0 Å². The molecule has 0 saturated heterocycles. The van der Waals surface area contributed by atoms with Gasteiger partial charge >= 0.3 is 0 Å². The fourth-order valence-electron chi connectivity index (χ4n) is 1.50. The highest BCUT2D eigenvalue weighted by Crippen LogP contribution is 2.05. The van der Waals surface area contributed by atoms with Gasteiger partial charge < -0.3 is 19.5 Å². The monoisotopic (exact) mass is 261 g/mol. The predicted molar refractivity (Wildman–Crippen MR) is 75.0 cm³/mol. The lowest BCUT2D eigenvalue weighted by molar-refractivity contribution is -0.0169. The van der Waals surface area contributed by atoms with Crippen molar-refractivity contribution in [3.63, 3.8) is 0 Å². The first-order chi connectivity index (χ1) is 8.57. The summed E-state index contributed by atoms with van der Waals surface area (Å²) in [6.45, 7) is 12.4. The molecule has 18 heavy (non-hydrogen) atoms. The number of hydrogen-bond donors (Lipinski definition) is 1. The van der Waals surface area contributed by atoms with Gasteiger partial charge in [-0.05, 0) is 12.3 Å². The first-order valence-corrected chi connectivity index (χ1v) is 6.99. The molecule has 0 aliphatic carbocycles. The van der Waals surface area contributed by atoms with Gasteiger partial charge in [0.2, 0.25) is 0 Å². The van der Waals surface area contributed by atoms with Crippen LogP contribution in [-0.2, 0) is 14.2 Å². The lowest BCUT2D eigenvalue weighted by Gasteiger charge is -2.23. The van der Waals surface area contributed by atoms with Crippen molar-refractivity contribution >= 4 is 0 Å². The zero-order valence-corrected chi connectivity index (χ0v) is 12.7. The molecule has 0 aromatic rings. The van der Waals surface area contributed by atoms with Crippen LogP contribution in [0.15, 0.2) is 0 Å². The Morgan fingerprint density at radius 3 is 2.22 bits per heavy atom. The zero-order valence-electron chi connectivity index (χ0n) is 12.7. The molecule has 0 saturated carbocycles. The van der Waals surface area contributed by atoms with E-state index in [0.717, 1.165) is 26.2 Å². The summed E-state index contributed by atoms with van der Waals surface area (Å²) in [5, 5.41) is 3.41. The molecule has 4 nitrogen and oxygen atoms in total. The molecule has 0 heterocycles. The van der Waals surface area contributed by atoms with E-state index < -0.39 is 0 Å². The van der Waals surface area contributed by atoms with Crippen LogP contribution in [0.2, 0.25) is 0 Å². The number of hydrogen-bond acceptors (Lipinski definition) is 4. The molecule has 1 unspecified atom stereocenters. The molecule has 0 aromatic carbocycles. The molecule has 0 spiro atoms. The molecule has 110 valence electrons. The second-order valence-electron chi connectivity index (χ2n) is 5.17. The van der Waals surface area contributed by atoms with Gasteiger partial charge in [-0.3, -0.25) is 0 Å². The van der Waals surface area contributed by atoms with Gasteiger partial charge in [0.25, 0.3) is 0 Å². The Balaban J connectivity index is 3.52. The Labute approximate surface area is 112 Å². The summed E-state index contributed by atoms with van der Waals surface area (Å²) in [5.74, 6) is 0.518. The largest absolute Gasteiger partial charge is 0.385 e. The summed E-state index contributed by atoms with van der Waals surface area (Å²) in [6.07, 6.45) is 1.20. The average Bonchev–Trinajstić information content (AvgIpc) is 2.31. The van der Waals surface area contributed by atoms with Gasteiger partial charge in [-0.2, -0.15) is 0 Å². The van der Waals surface area contributed by atoms with Crippen molar-refractivity contribution in [2.45, 2.75) is 46.3 Å². The lowest BCUT2D eigenvalue weighted by atomic mass is 10.1. The van der Waals surface area contributed by atoms with Crippen LogP contribution < -0.4 is 5.32 Å². The van der Waals surface area contributed by atoms with E-state index in [9.17, 15) is 0 Å². The van der Waals surface area contributed by atoms with Crippen LogP contribution in [0.1, 0.15) is 34.1 Å². The molecule has 0 rings (SSSR count). The summed E-state index contributed by atoms with van der Waals surface area (Å²) in [5.41, 5.74) is 0. The quantitative estimate of drug-likeness (QED) is 0.546. The summed E-state index contributed by atoms with van der Waals surface area (Å²) in [7, 11) is 1.71. The van der Waals surface area contributed by atoms with Gasteiger partial charge in [-0.1, -0.05) is 27.7 Å². The highest BCUT2D eigenvalue weighted by atomic mass is 16.5. The Kier molecular flexibility index (Phi) is 11.8. The topological polar surface area (TPSA) is 39.7 Å². The van der Waals surface area contributed by atoms with Crippen molar-refractivity contribution in [1.82, 2.24) is 5.32 Å². The van der Waals surface area contributed by atoms with E-state index in [4.69, 9.17) is 14.2 Å². The van der Waals surface area contributed by atoms with Crippen molar-refractivity contribution in [1.29, 1.82) is 0 Å². The number of nitrogens with one attached hydrogen (secondary N) is 1. The summed E-state index contributed by atoms with van der Waals surface area (Å²) in [6, 6.07) is 0.500. The van der Waals surface area contributed by atoms with E-state index in [-0.39, 0.29) is 6.10 Å². The molecule has 1 atom stereocenters. The van der Waals surface area contributed by atoms with Gasteiger partial charge in [0.1, 0.15) is 0 Å². The Morgan fingerprint density at radius 1 is 0.944 bits per heavy atom. The average molecular weight is 261 g/mol. The second kappa shape index (κ2) is 11.9. The van der Waals surface area contributed by atoms with Crippen LogP contribution >= 0.6 is 0 Å². The Bertz CT molecular complexity index is 174. The van der Waals surface area contributed by atoms with Crippen molar-refractivity contribution in [3.8, 4) is 0 Å². The van der Waals surface area contributed by atoms with Crippen molar-refractivity contribution < 1.29 is 14.2 Å². The van der Waals surface area contributed by atoms with E-state index >= 15 is 0 Å². The molecule has 1 N–H and O–H groups in total. The minimum atomic E-state index is 0.259. The van der Waals surface area contributed by atoms with Crippen LogP contribution in [0.25, 0.3) is 0 Å². The molecule has 0 aliphatic heterocycles. The lowest BCUT2D eigenvalue weighted by Crippen LogP contribution is -2.37. The predicted octanol–water partition coefficient (Wildman–Crippen LogP) is 2.08. The van der Waals surface area contributed by atoms with Crippen LogP contribution in [0.4, 0.5) is 0 Å². The molecule has 0 bridgehead atoms. The van der Waals surface area contributed by atoms with E-state index in [0.29, 0.717) is 25.2 Å².